The van der Waals surface area contributed by atoms with Crippen molar-refractivity contribution in [2.45, 2.75) is 13.1 Å². The molecule has 11 heteroatoms. The highest BCUT2D eigenvalue weighted by molar-refractivity contribution is 7.15. The summed E-state index contributed by atoms with van der Waals surface area (Å²) < 4.78 is 37.1. The summed E-state index contributed by atoms with van der Waals surface area (Å²) in [6, 6.07) is 3.73. The quantitative estimate of drug-likeness (QED) is 0.688. The van der Waals surface area contributed by atoms with Crippen LogP contribution >= 0.6 is 11.3 Å². The number of nitrogens with zero attached hydrogens (tertiary/aromatic N) is 3. The maximum Gasteiger partial charge on any atom is 0.445 e. The molecule has 0 saturated heterocycles. The molecule has 0 atom stereocenters. The number of aryl methyl sites for hydroxylation is 1. The van der Waals surface area contributed by atoms with Crippen molar-refractivity contribution in [1.82, 2.24) is 10.2 Å². The molecular formula is C11H7F3N4O3S. The van der Waals surface area contributed by atoms with Gasteiger partial charge in [0.05, 0.1) is 4.92 Å². The molecule has 0 aliphatic carbocycles. The lowest BCUT2D eigenvalue weighted by atomic mass is 10.1. The van der Waals surface area contributed by atoms with Crippen LogP contribution in [0, 0.1) is 17.0 Å². The number of nitrogens with one attached hydrogen (secondary N) is 1. The molecule has 0 saturated carbocycles. The second-order valence-corrected chi connectivity index (χ2v) is 5.10. The van der Waals surface area contributed by atoms with Crippen LogP contribution in [-0.2, 0) is 6.18 Å². The number of hydrogen-bond acceptors (Lipinski definition) is 6. The number of rotatable bonds is 3. The lowest BCUT2D eigenvalue weighted by Crippen LogP contribution is -2.12. The van der Waals surface area contributed by atoms with E-state index in [0.717, 1.165) is 6.07 Å². The SMILES string of the molecule is Cc1ccc(C(=O)Nc2nnc(C(F)(F)F)s2)cc1[N+](=O)[O-]. The fourth-order valence-electron chi connectivity index (χ4n) is 1.50. The van der Waals surface area contributed by atoms with Crippen LogP contribution in [-0.4, -0.2) is 21.0 Å². The molecule has 0 radical (unpaired) electrons. The third-order valence-electron chi connectivity index (χ3n) is 2.56. The first-order valence-electron chi connectivity index (χ1n) is 5.65. The van der Waals surface area contributed by atoms with Crippen molar-refractivity contribution >= 4 is 28.1 Å². The first-order valence-corrected chi connectivity index (χ1v) is 6.47. The minimum atomic E-state index is -4.65. The predicted octanol–water partition coefficient (Wildman–Crippen LogP) is 3.03. The molecule has 2 rings (SSSR count). The average molecular weight is 332 g/mol. The monoisotopic (exact) mass is 332 g/mol. The number of carbonyl (C=O) groups is 1. The van der Waals surface area contributed by atoms with Crippen molar-refractivity contribution in [2.75, 3.05) is 5.32 Å². The Kier molecular flexibility index (Phi) is 4.08. The number of anilines is 1. The summed E-state index contributed by atoms with van der Waals surface area (Å²) in [7, 11) is 0. The van der Waals surface area contributed by atoms with Gasteiger partial charge < -0.3 is 0 Å². The van der Waals surface area contributed by atoms with Gasteiger partial charge >= 0.3 is 6.18 Å². The molecule has 0 spiro atoms. The van der Waals surface area contributed by atoms with E-state index < -0.39 is 22.0 Å². The van der Waals surface area contributed by atoms with E-state index in [1.54, 1.807) is 0 Å². The predicted molar refractivity (Wildman–Crippen MR) is 70.7 cm³/mol. The Balaban J connectivity index is 2.21. The molecule has 1 amide bonds. The third kappa shape index (κ3) is 3.36. The zero-order valence-corrected chi connectivity index (χ0v) is 11.7. The highest BCUT2D eigenvalue weighted by atomic mass is 32.1. The molecule has 1 heterocycles. The Morgan fingerprint density at radius 1 is 1.36 bits per heavy atom. The maximum atomic E-state index is 12.4. The molecule has 0 unspecified atom stereocenters. The Morgan fingerprint density at radius 3 is 2.59 bits per heavy atom. The van der Waals surface area contributed by atoms with Gasteiger partial charge in [-0.1, -0.05) is 17.4 Å². The molecule has 0 bridgehead atoms. The van der Waals surface area contributed by atoms with E-state index in [1.165, 1.54) is 19.1 Å². The van der Waals surface area contributed by atoms with Gasteiger partial charge in [-0.3, -0.25) is 20.2 Å². The Labute approximate surface area is 124 Å². The van der Waals surface area contributed by atoms with Gasteiger partial charge in [-0.2, -0.15) is 13.2 Å². The molecule has 1 aromatic heterocycles. The number of halogens is 3. The standard InChI is InChI=1S/C11H7F3N4O3S/c1-5-2-3-6(4-7(5)18(20)21)8(19)15-10-17-16-9(22-10)11(12,13)14/h2-4H,1H3,(H,15,17,19). The van der Waals surface area contributed by atoms with Gasteiger partial charge in [0.2, 0.25) is 10.1 Å². The van der Waals surface area contributed by atoms with Crippen molar-refractivity contribution in [1.29, 1.82) is 0 Å². The lowest BCUT2D eigenvalue weighted by molar-refractivity contribution is -0.385. The van der Waals surface area contributed by atoms with Crippen LogP contribution in [0.15, 0.2) is 18.2 Å². The van der Waals surface area contributed by atoms with E-state index in [4.69, 9.17) is 0 Å². The molecule has 1 aromatic carbocycles. The van der Waals surface area contributed by atoms with E-state index in [1.807, 2.05) is 0 Å². The minimum absolute atomic E-state index is 0.0685. The molecule has 7 nitrogen and oxygen atoms in total. The smallest absolute Gasteiger partial charge is 0.296 e. The average Bonchev–Trinajstić information content (AvgIpc) is 2.87. The van der Waals surface area contributed by atoms with Crippen LogP contribution in [0.5, 0.6) is 0 Å². The van der Waals surface area contributed by atoms with Gasteiger partial charge in [0, 0.05) is 17.2 Å². The van der Waals surface area contributed by atoms with Crippen molar-refractivity contribution in [3.05, 3.63) is 44.4 Å². The topological polar surface area (TPSA) is 98.0 Å². The maximum absolute atomic E-state index is 12.4. The number of hydrogen-bond donors (Lipinski definition) is 1. The lowest BCUT2D eigenvalue weighted by Gasteiger charge is -2.03. The summed E-state index contributed by atoms with van der Waals surface area (Å²) in [5.41, 5.74) is 0.0266. The van der Waals surface area contributed by atoms with E-state index in [2.05, 4.69) is 15.5 Å². The van der Waals surface area contributed by atoms with E-state index >= 15 is 0 Å². The Hall–Kier alpha value is -2.56. The van der Waals surface area contributed by atoms with Crippen molar-refractivity contribution in [3.8, 4) is 0 Å². The molecule has 0 aliphatic rings. The largest absolute Gasteiger partial charge is 0.445 e. The first kappa shape index (κ1) is 15.8. The molecule has 2 aromatic rings. The summed E-state index contributed by atoms with van der Waals surface area (Å²) in [5.74, 6) is -0.812. The molecule has 116 valence electrons. The molecule has 0 aliphatic heterocycles. The highest BCUT2D eigenvalue weighted by Gasteiger charge is 2.35. The first-order chi connectivity index (χ1) is 10.2. The van der Waals surface area contributed by atoms with Crippen LogP contribution in [0.4, 0.5) is 24.0 Å². The highest BCUT2D eigenvalue weighted by Crippen LogP contribution is 2.33. The number of carbonyl (C=O) groups excluding carboxylic acids is 1. The molecule has 0 fully saturated rings. The second kappa shape index (κ2) is 5.67. The fourth-order valence-corrected chi connectivity index (χ4v) is 2.11. The van der Waals surface area contributed by atoms with Gasteiger partial charge in [-0.05, 0) is 13.0 Å². The van der Waals surface area contributed by atoms with Crippen LogP contribution < -0.4 is 5.32 Å². The summed E-state index contributed by atoms with van der Waals surface area (Å²) in [6.45, 7) is 1.50. The van der Waals surface area contributed by atoms with Gasteiger partial charge in [-0.25, -0.2) is 0 Å². The summed E-state index contributed by atoms with van der Waals surface area (Å²) in [6.07, 6.45) is -4.65. The number of amides is 1. The van der Waals surface area contributed by atoms with E-state index in [-0.39, 0.29) is 27.7 Å². The summed E-state index contributed by atoms with van der Waals surface area (Å²) in [4.78, 5) is 22.0. The van der Waals surface area contributed by atoms with Crippen LogP contribution in [0.25, 0.3) is 0 Å². The molecule has 1 N–H and O–H groups in total. The van der Waals surface area contributed by atoms with Gasteiger partial charge in [-0.15, -0.1) is 10.2 Å². The Bertz CT molecular complexity index is 744. The van der Waals surface area contributed by atoms with Gasteiger partial charge in [0.15, 0.2) is 0 Å². The summed E-state index contributed by atoms with van der Waals surface area (Å²) in [5, 5.41) is 17.5. The van der Waals surface area contributed by atoms with Gasteiger partial charge in [0.1, 0.15) is 0 Å². The van der Waals surface area contributed by atoms with Crippen LogP contribution in [0.3, 0.4) is 0 Å². The number of nitro benzene ring substituents is 1. The molecular weight excluding hydrogens is 325 g/mol. The minimum Gasteiger partial charge on any atom is -0.296 e. The number of aromatic nitrogens is 2. The normalized spacial score (nSPS) is 11.3. The number of nitro groups is 1. The fraction of sp³-hybridized carbons (Fsp3) is 0.182. The van der Waals surface area contributed by atoms with Crippen LogP contribution in [0.1, 0.15) is 20.9 Å². The van der Waals surface area contributed by atoms with Crippen molar-refractivity contribution < 1.29 is 22.9 Å². The van der Waals surface area contributed by atoms with Crippen LogP contribution in [0.2, 0.25) is 0 Å². The van der Waals surface area contributed by atoms with Gasteiger partial charge in [0.25, 0.3) is 11.6 Å². The molecule has 22 heavy (non-hydrogen) atoms. The van der Waals surface area contributed by atoms with Crippen molar-refractivity contribution in [3.63, 3.8) is 0 Å². The number of alkyl halides is 3. The van der Waals surface area contributed by atoms with E-state index in [0.29, 0.717) is 5.56 Å². The number of benzene rings is 1. The second-order valence-electron chi connectivity index (χ2n) is 4.12. The third-order valence-corrected chi connectivity index (χ3v) is 3.44. The zero-order chi connectivity index (χ0) is 16.5. The summed E-state index contributed by atoms with van der Waals surface area (Å²) >= 11 is 0.163. The van der Waals surface area contributed by atoms with E-state index in [9.17, 15) is 28.1 Å². The zero-order valence-electron chi connectivity index (χ0n) is 10.8. The van der Waals surface area contributed by atoms with Crippen molar-refractivity contribution in [2.24, 2.45) is 0 Å². The Morgan fingerprint density at radius 2 is 2.05 bits per heavy atom.